The van der Waals surface area contributed by atoms with Crippen molar-refractivity contribution in [2.75, 3.05) is 13.2 Å². The predicted octanol–water partition coefficient (Wildman–Crippen LogP) is 1.21. The van der Waals surface area contributed by atoms with Gasteiger partial charge in [0.25, 0.3) is 0 Å². The Labute approximate surface area is 89.8 Å². The van der Waals surface area contributed by atoms with Crippen LogP contribution < -0.4 is 5.73 Å². The van der Waals surface area contributed by atoms with Crippen molar-refractivity contribution in [3.8, 4) is 0 Å². The molecule has 0 aliphatic heterocycles. The number of ether oxygens (including phenoxy) is 1. The summed E-state index contributed by atoms with van der Waals surface area (Å²) < 4.78 is 44.3. The molecule has 0 aromatic carbocycles. The summed E-state index contributed by atoms with van der Waals surface area (Å²) in [5, 5.41) is 3.54. The van der Waals surface area contributed by atoms with Crippen LogP contribution in [-0.4, -0.2) is 29.5 Å². The summed E-state index contributed by atoms with van der Waals surface area (Å²) in [7, 11) is 0. The van der Waals surface area contributed by atoms with Gasteiger partial charge >= 0.3 is 6.18 Å². The molecule has 1 aromatic heterocycles. The molecule has 16 heavy (non-hydrogen) atoms. The Hall–Kier alpha value is -1.15. The molecule has 0 aliphatic carbocycles. The maximum absolute atomic E-state index is 11.7. The zero-order chi connectivity index (χ0) is 12.2. The quantitative estimate of drug-likeness (QED) is 0.782. The van der Waals surface area contributed by atoms with E-state index in [0.717, 1.165) is 0 Å². The van der Waals surface area contributed by atoms with Gasteiger partial charge < -0.3 is 15.0 Å². The van der Waals surface area contributed by atoms with E-state index in [-0.39, 0.29) is 24.7 Å². The van der Waals surface area contributed by atoms with Crippen LogP contribution in [0.3, 0.4) is 0 Å². The third-order valence-electron chi connectivity index (χ3n) is 1.61. The van der Waals surface area contributed by atoms with Gasteiger partial charge in [0.1, 0.15) is 6.61 Å². The van der Waals surface area contributed by atoms with Gasteiger partial charge in [-0.1, -0.05) is 5.16 Å². The molecule has 0 amide bonds. The minimum Gasteiger partial charge on any atom is -0.372 e. The van der Waals surface area contributed by atoms with Crippen molar-refractivity contribution in [2.45, 2.75) is 25.6 Å². The van der Waals surface area contributed by atoms with Crippen molar-refractivity contribution in [1.29, 1.82) is 0 Å². The van der Waals surface area contributed by atoms with Crippen LogP contribution in [0.2, 0.25) is 0 Å². The number of halogens is 3. The van der Waals surface area contributed by atoms with Gasteiger partial charge in [0.15, 0.2) is 5.82 Å². The number of hydrogen-bond donors (Lipinski definition) is 1. The van der Waals surface area contributed by atoms with Crippen LogP contribution in [0.15, 0.2) is 4.52 Å². The van der Waals surface area contributed by atoms with Gasteiger partial charge in [0, 0.05) is 6.42 Å². The lowest BCUT2D eigenvalue weighted by molar-refractivity contribution is -0.173. The van der Waals surface area contributed by atoms with Crippen LogP contribution in [0.4, 0.5) is 13.2 Å². The van der Waals surface area contributed by atoms with Crippen LogP contribution in [0.25, 0.3) is 0 Å². The highest BCUT2D eigenvalue weighted by atomic mass is 19.4. The Balaban J connectivity index is 2.27. The summed E-state index contributed by atoms with van der Waals surface area (Å²) >= 11 is 0. The van der Waals surface area contributed by atoms with Gasteiger partial charge in [-0.15, -0.1) is 0 Å². The topological polar surface area (TPSA) is 74.2 Å². The van der Waals surface area contributed by atoms with Gasteiger partial charge in [-0.05, 0) is 6.92 Å². The fraction of sp³-hybridized carbons (Fsp3) is 0.750. The van der Waals surface area contributed by atoms with Crippen LogP contribution in [0.1, 0.15) is 24.7 Å². The van der Waals surface area contributed by atoms with E-state index < -0.39 is 18.8 Å². The Kier molecular flexibility index (Phi) is 4.25. The van der Waals surface area contributed by atoms with Crippen molar-refractivity contribution in [2.24, 2.45) is 5.73 Å². The van der Waals surface area contributed by atoms with Crippen LogP contribution in [-0.2, 0) is 11.2 Å². The Morgan fingerprint density at radius 2 is 2.19 bits per heavy atom. The molecule has 0 aliphatic rings. The molecule has 0 bridgehead atoms. The van der Waals surface area contributed by atoms with E-state index in [1.807, 2.05) is 0 Å². The SMILES string of the molecule is CC(N)c1nc(CCOCC(F)(F)F)no1. The highest BCUT2D eigenvalue weighted by molar-refractivity contribution is 4.90. The maximum Gasteiger partial charge on any atom is 0.411 e. The molecule has 92 valence electrons. The molecule has 0 saturated heterocycles. The van der Waals surface area contributed by atoms with Crippen molar-refractivity contribution >= 4 is 0 Å². The number of alkyl halides is 3. The first-order chi connectivity index (χ1) is 7.38. The molecule has 8 heteroatoms. The molecule has 0 fully saturated rings. The average molecular weight is 239 g/mol. The smallest absolute Gasteiger partial charge is 0.372 e. The molecular formula is C8H12F3N3O2. The number of nitrogens with zero attached hydrogens (tertiary/aromatic N) is 2. The summed E-state index contributed by atoms with van der Waals surface area (Å²) in [6.45, 7) is 0.278. The lowest BCUT2D eigenvalue weighted by Crippen LogP contribution is -2.18. The van der Waals surface area contributed by atoms with Crippen molar-refractivity contribution in [3.05, 3.63) is 11.7 Å². The molecule has 1 heterocycles. The van der Waals surface area contributed by atoms with Gasteiger partial charge in [-0.2, -0.15) is 18.2 Å². The van der Waals surface area contributed by atoms with E-state index in [2.05, 4.69) is 14.9 Å². The second kappa shape index (κ2) is 5.26. The van der Waals surface area contributed by atoms with Crippen molar-refractivity contribution in [1.82, 2.24) is 10.1 Å². The first kappa shape index (κ1) is 12.9. The molecule has 2 N–H and O–H groups in total. The summed E-state index contributed by atoms with van der Waals surface area (Å²) in [5.41, 5.74) is 5.46. The molecule has 1 unspecified atom stereocenters. The van der Waals surface area contributed by atoms with E-state index in [9.17, 15) is 13.2 Å². The van der Waals surface area contributed by atoms with E-state index in [1.54, 1.807) is 6.92 Å². The highest BCUT2D eigenvalue weighted by Gasteiger charge is 2.27. The van der Waals surface area contributed by atoms with E-state index >= 15 is 0 Å². The third kappa shape index (κ3) is 4.58. The predicted molar refractivity (Wildman–Crippen MR) is 47.5 cm³/mol. The first-order valence-electron chi connectivity index (χ1n) is 4.61. The molecule has 1 rings (SSSR count). The molecule has 1 atom stereocenters. The zero-order valence-corrected chi connectivity index (χ0v) is 8.62. The van der Waals surface area contributed by atoms with E-state index in [0.29, 0.717) is 0 Å². The van der Waals surface area contributed by atoms with Crippen molar-refractivity contribution < 1.29 is 22.4 Å². The fourth-order valence-corrected chi connectivity index (χ4v) is 0.905. The molecule has 0 saturated carbocycles. The Bertz CT molecular complexity index is 325. The zero-order valence-electron chi connectivity index (χ0n) is 8.62. The highest BCUT2D eigenvalue weighted by Crippen LogP contribution is 2.14. The van der Waals surface area contributed by atoms with Crippen LogP contribution in [0, 0.1) is 0 Å². The second-order valence-corrected chi connectivity index (χ2v) is 3.26. The third-order valence-corrected chi connectivity index (χ3v) is 1.61. The number of nitrogens with two attached hydrogens (primary N) is 1. The standard InChI is InChI=1S/C8H12F3N3O2/c1-5(12)7-13-6(14-16-7)2-3-15-4-8(9,10)11/h5H,2-4,12H2,1H3. The summed E-state index contributed by atoms with van der Waals surface area (Å²) in [6, 6.07) is -0.391. The van der Waals surface area contributed by atoms with Crippen LogP contribution in [0.5, 0.6) is 0 Å². The van der Waals surface area contributed by atoms with Gasteiger partial charge in [-0.3, -0.25) is 0 Å². The lowest BCUT2D eigenvalue weighted by Gasteiger charge is -2.05. The van der Waals surface area contributed by atoms with Gasteiger partial charge in [0.2, 0.25) is 5.89 Å². The monoisotopic (exact) mass is 239 g/mol. The number of hydrogen-bond acceptors (Lipinski definition) is 5. The minimum absolute atomic E-state index is 0.114. The van der Waals surface area contributed by atoms with E-state index in [4.69, 9.17) is 10.3 Å². The number of rotatable bonds is 5. The normalized spacial score (nSPS) is 14.1. The average Bonchev–Trinajstić information content (AvgIpc) is 2.59. The maximum atomic E-state index is 11.7. The number of aromatic nitrogens is 2. The molecular weight excluding hydrogens is 227 g/mol. The fourth-order valence-electron chi connectivity index (χ4n) is 0.905. The molecule has 0 spiro atoms. The molecule has 1 aromatic rings. The van der Waals surface area contributed by atoms with Crippen LogP contribution >= 0.6 is 0 Å². The van der Waals surface area contributed by atoms with Crippen molar-refractivity contribution in [3.63, 3.8) is 0 Å². The Morgan fingerprint density at radius 3 is 2.69 bits per heavy atom. The second-order valence-electron chi connectivity index (χ2n) is 3.26. The van der Waals surface area contributed by atoms with Gasteiger partial charge in [-0.25, -0.2) is 0 Å². The van der Waals surface area contributed by atoms with E-state index in [1.165, 1.54) is 0 Å². The first-order valence-corrected chi connectivity index (χ1v) is 4.61. The molecule has 0 radical (unpaired) electrons. The largest absolute Gasteiger partial charge is 0.411 e. The Morgan fingerprint density at radius 1 is 1.50 bits per heavy atom. The molecule has 5 nitrogen and oxygen atoms in total. The minimum atomic E-state index is -4.31. The lowest BCUT2D eigenvalue weighted by atomic mass is 10.3. The summed E-state index contributed by atoms with van der Waals surface area (Å²) in [5.74, 6) is 0.542. The summed E-state index contributed by atoms with van der Waals surface area (Å²) in [4.78, 5) is 3.88. The summed E-state index contributed by atoms with van der Waals surface area (Å²) in [6.07, 6.45) is -4.15. The van der Waals surface area contributed by atoms with Gasteiger partial charge in [0.05, 0.1) is 12.6 Å².